The number of primary amides is 1. The van der Waals surface area contributed by atoms with Crippen LogP contribution in [0.25, 0.3) is 0 Å². The number of aliphatic carboxylic acids is 1. The van der Waals surface area contributed by atoms with E-state index in [2.05, 4.69) is 20.8 Å². The molecule has 0 saturated heterocycles. The lowest BCUT2D eigenvalue weighted by molar-refractivity contribution is -0.139. The summed E-state index contributed by atoms with van der Waals surface area (Å²) in [4.78, 5) is 33.1. The molecular formula is C10H16N6O4. The number of rotatable bonds is 7. The van der Waals surface area contributed by atoms with Crippen LogP contribution in [0.2, 0.25) is 0 Å². The van der Waals surface area contributed by atoms with Crippen LogP contribution in [0, 0.1) is 0 Å². The second-order valence-electron chi connectivity index (χ2n) is 4.08. The highest BCUT2D eigenvalue weighted by atomic mass is 16.4. The zero-order valence-corrected chi connectivity index (χ0v) is 10.9. The smallest absolute Gasteiger partial charge is 0.326 e. The zero-order chi connectivity index (χ0) is 15.1. The Bertz CT molecular complexity index is 500. The summed E-state index contributed by atoms with van der Waals surface area (Å²) in [6.45, 7) is 0.102. The molecule has 3 amide bonds. The fourth-order valence-electron chi connectivity index (χ4n) is 1.38. The summed E-state index contributed by atoms with van der Waals surface area (Å²) >= 11 is 0. The van der Waals surface area contributed by atoms with E-state index in [4.69, 9.17) is 10.8 Å². The Hall–Kier alpha value is -2.65. The number of nitrogens with one attached hydrogen (secondary N) is 2. The fraction of sp³-hybridized carbons (Fsp3) is 0.500. The van der Waals surface area contributed by atoms with Crippen LogP contribution < -0.4 is 16.4 Å². The number of nitrogens with zero attached hydrogens (tertiary/aromatic N) is 3. The van der Waals surface area contributed by atoms with Crippen molar-refractivity contribution >= 4 is 17.9 Å². The van der Waals surface area contributed by atoms with E-state index in [1.807, 2.05) is 0 Å². The Labute approximate surface area is 114 Å². The number of hydrogen-bond acceptors (Lipinski definition) is 5. The quantitative estimate of drug-likeness (QED) is 0.470. The minimum absolute atomic E-state index is 0.0674. The summed E-state index contributed by atoms with van der Waals surface area (Å²) in [7, 11) is 1.71. The van der Waals surface area contributed by atoms with E-state index in [1.54, 1.807) is 11.6 Å². The van der Waals surface area contributed by atoms with Gasteiger partial charge in [0, 0.05) is 13.5 Å². The molecule has 20 heavy (non-hydrogen) atoms. The highest BCUT2D eigenvalue weighted by molar-refractivity contribution is 5.83. The van der Waals surface area contributed by atoms with Gasteiger partial charge in [0.1, 0.15) is 12.4 Å². The molecule has 0 radical (unpaired) electrons. The SMILES string of the molecule is Cn1cnnc1CNC(=O)N[C@@H](CCC(N)=O)C(=O)O. The molecule has 1 rings (SSSR count). The number of carbonyl (C=O) groups excluding carboxylic acids is 2. The number of amides is 3. The maximum atomic E-state index is 11.5. The molecule has 1 aromatic rings. The maximum Gasteiger partial charge on any atom is 0.326 e. The molecule has 0 aliphatic heterocycles. The molecule has 10 nitrogen and oxygen atoms in total. The van der Waals surface area contributed by atoms with E-state index in [0.29, 0.717) is 5.82 Å². The Balaban J connectivity index is 2.43. The third kappa shape index (κ3) is 4.92. The van der Waals surface area contributed by atoms with Crippen molar-refractivity contribution in [1.29, 1.82) is 0 Å². The molecule has 0 unspecified atom stereocenters. The van der Waals surface area contributed by atoms with Crippen LogP contribution in [0.15, 0.2) is 6.33 Å². The van der Waals surface area contributed by atoms with Crippen LogP contribution in [0.3, 0.4) is 0 Å². The Morgan fingerprint density at radius 1 is 1.50 bits per heavy atom. The highest BCUT2D eigenvalue weighted by Gasteiger charge is 2.20. The average Bonchev–Trinajstić information content (AvgIpc) is 2.77. The van der Waals surface area contributed by atoms with Gasteiger partial charge in [0.2, 0.25) is 5.91 Å². The summed E-state index contributed by atoms with van der Waals surface area (Å²) in [5, 5.41) is 21.0. The number of aryl methyl sites for hydroxylation is 1. The van der Waals surface area contributed by atoms with Gasteiger partial charge in [-0.05, 0) is 6.42 Å². The van der Waals surface area contributed by atoms with Gasteiger partial charge in [-0.2, -0.15) is 0 Å². The van der Waals surface area contributed by atoms with E-state index in [-0.39, 0.29) is 19.4 Å². The molecule has 110 valence electrons. The summed E-state index contributed by atoms with van der Waals surface area (Å²) in [5.41, 5.74) is 4.93. The van der Waals surface area contributed by atoms with Gasteiger partial charge >= 0.3 is 12.0 Å². The molecular weight excluding hydrogens is 268 g/mol. The summed E-state index contributed by atoms with van der Waals surface area (Å²) < 4.78 is 1.61. The maximum absolute atomic E-state index is 11.5. The van der Waals surface area contributed by atoms with Crippen LogP contribution in [0.4, 0.5) is 4.79 Å². The molecule has 0 saturated carbocycles. The lowest BCUT2D eigenvalue weighted by Gasteiger charge is -2.14. The van der Waals surface area contributed by atoms with Crippen molar-refractivity contribution < 1.29 is 19.5 Å². The second kappa shape index (κ2) is 7.07. The minimum Gasteiger partial charge on any atom is -0.480 e. The first-order valence-electron chi connectivity index (χ1n) is 5.78. The van der Waals surface area contributed by atoms with Gasteiger partial charge in [0.05, 0.1) is 6.54 Å². The lowest BCUT2D eigenvalue weighted by atomic mass is 10.1. The Morgan fingerprint density at radius 2 is 2.20 bits per heavy atom. The van der Waals surface area contributed by atoms with E-state index in [1.165, 1.54) is 6.33 Å². The molecule has 0 aromatic carbocycles. The van der Waals surface area contributed by atoms with E-state index in [0.717, 1.165) is 0 Å². The van der Waals surface area contributed by atoms with Gasteiger partial charge in [-0.15, -0.1) is 10.2 Å². The molecule has 1 aromatic heterocycles. The molecule has 0 aliphatic rings. The second-order valence-corrected chi connectivity index (χ2v) is 4.08. The molecule has 0 bridgehead atoms. The monoisotopic (exact) mass is 284 g/mol. The van der Waals surface area contributed by atoms with Gasteiger partial charge in [-0.25, -0.2) is 9.59 Å². The van der Waals surface area contributed by atoms with Gasteiger partial charge in [0.25, 0.3) is 0 Å². The van der Waals surface area contributed by atoms with Crippen molar-refractivity contribution in [2.75, 3.05) is 0 Å². The molecule has 1 heterocycles. The normalized spacial score (nSPS) is 11.7. The summed E-state index contributed by atoms with van der Waals surface area (Å²) in [5.74, 6) is -1.35. The van der Waals surface area contributed by atoms with Crippen molar-refractivity contribution in [3.05, 3.63) is 12.2 Å². The van der Waals surface area contributed by atoms with Gasteiger partial charge in [-0.3, -0.25) is 4.79 Å². The number of carboxylic acid groups (broad SMARTS) is 1. The van der Waals surface area contributed by atoms with Crippen molar-refractivity contribution in [1.82, 2.24) is 25.4 Å². The van der Waals surface area contributed by atoms with Crippen molar-refractivity contribution in [2.24, 2.45) is 12.8 Å². The van der Waals surface area contributed by atoms with Gasteiger partial charge in [0.15, 0.2) is 5.82 Å². The molecule has 0 fully saturated rings. The first-order chi connectivity index (χ1) is 9.40. The van der Waals surface area contributed by atoms with Gasteiger partial charge in [-0.1, -0.05) is 0 Å². The lowest BCUT2D eigenvalue weighted by Crippen LogP contribution is -2.46. The van der Waals surface area contributed by atoms with Crippen LogP contribution in [-0.2, 0) is 23.2 Å². The molecule has 0 aliphatic carbocycles. The van der Waals surface area contributed by atoms with Crippen LogP contribution in [0.5, 0.6) is 0 Å². The number of carbonyl (C=O) groups is 3. The Kier molecular flexibility index (Phi) is 5.44. The average molecular weight is 284 g/mol. The standard InChI is InChI=1S/C10H16N6O4/c1-16-5-13-15-8(16)4-12-10(20)14-6(9(18)19)2-3-7(11)17/h5-6H,2-4H2,1H3,(H2,11,17)(H,18,19)(H2,12,14,20)/t6-/m0/s1. The third-order valence-corrected chi connectivity index (χ3v) is 2.50. The third-order valence-electron chi connectivity index (χ3n) is 2.50. The summed E-state index contributed by atoms with van der Waals surface area (Å²) in [6, 6.07) is -1.85. The van der Waals surface area contributed by atoms with Gasteiger partial charge < -0.3 is 26.0 Å². The number of urea groups is 1. The topological polar surface area (TPSA) is 152 Å². The highest BCUT2D eigenvalue weighted by Crippen LogP contribution is 1.97. The predicted octanol–water partition coefficient (Wildman–Crippen LogP) is -1.67. The Morgan fingerprint density at radius 3 is 2.70 bits per heavy atom. The summed E-state index contributed by atoms with van der Waals surface area (Å²) in [6.07, 6.45) is 1.28. The van der Waals surface area contributed by atoms with E-state index >= 15 is 0 Å². The van der Waals surface area contributed by atoms with Crippen molar-refractivity contribution in [2.45, 2.75) is 25.4 Å². The minimum atomic E-state index is -1.24. The molecule has 5 N–H and O–H groups in total. The molecule has 10 heteroatoms. The number of hydrogen-bond donors (Lipinski definition) is 4. The van der Waals surface area contributed by atoms with E-state index < -0.39 is 23.9 Å². The van der Waals surface area contributed by atoms with E-state index in [9.17, 15) is 14.4 Å². The van der Waals surface area contributed by atoms with Crippen LogP contribution in [0.1, 0.15) is 18.7 Å². The first-order valence-corrected chi connectivity index (χ1v) is 5.78. The van der Waals surface area contributed by atoms with Crippen LogP contribution in [-0.4, -0.2) is 43.8 Å². The number of nitrogens with two attached hydrogens (primary N) is 1. The largest absolute Gasteiger partial charge is 0.480 e. The van der Waals surface area contributed by atoms with Crippen molar-refractivity contribution in [3.8, 4) is 0 Å². The predicted molar refractivity (Wildman–Crippen MR) is 66.2 cm³/mol. The number of aromatic nitrogens is 3. The fourth-order valence-corrected chi connectivity index (χ4v) is 1.38. The zero-order valence-electron chi connectivity index (χ0n) is 10.9. The molecule has 0 spiro atoms. The number of carboxylic acids is 1. The molecule has 1 atom stereocenters. The van der Waals surface area contributed by atoms with Crippen molar-refractivity contribution in [3.63, 3.8) is 0 Å². The van der Waals surface area contributed by atoms with Crippen LogP contribution >= 0.6 is 0 Å². The first kappa shape index (κ1) is 15.4.